The van der Waals surface area contributed by atoms with Gasteiger partial charge in [-0.1, -0.05) is 22.0 Å². The van der Waals surface area contributed by atoms with Crippen LogP contribution >= 0.6 is 15.9 Å². The molecule has 0 amide bonds. The van der Waals surface area contributed by atoms with Gasteiger partial charge in [0.05, 0.1) is 0 Å². The summed E-state index contributed by atoms with van der Waals surface area (Å²) in [5, 5.41) is 11.9. The molecule has 1 atom stereocenters. The van der Waals surface area contributed by atoms with Gasteiger partial charge in [0.1, 0.15) is 11.6 Å². The second-order valence-corrected chi connectivity index (χ2v) is 5.04. The number of aliphatic carboxylic acids is 1. The number of nitrogens with one attached hydrogen (secondary N) is 1. The summed E-state index contributed by atoms with van der Waals surface area (Å²) in [7, 11) is 0. The van der Waals surface area contributed by atoms with E-state index in [0.29, 0.717) is 11.8 Å². The van der Waals surface area contributed by atoms with E-state index in [4.69, 9.17) is 0 Å². The van der Waals surface area contributed by atoms with E-state index < -0.39 is 23.6 Å². The monoisotopic (exact) mass is 341 g/mol. The molecular weight excluding hydrogens is 332 g/mol. The molecule has 0 aromatic heterocycles. The minimum atomic E-state index is -1.24. The molecule has 6 heteroatoms. The van der Waals surface area contributed by atoms with E-state index in [1.54, 1.807) is 24.3 Å². The maximum absolute atomic E-state index is 13.2. The van der Waals surface area contributed by atoms with Gasteiger partial charge in [0, 0.05) is 16.2 Å². The van der Waals surface area contributed by atoms with Crippen molar-refractivity contribution in [3.05, 3.63) is 64.1 Å². The molecule has 0 spiro atoms. The molecule has 0 aliphatic heterocycles. The maximum atomic E-state index is 13.2. The molecule has 104 valence electrons. The molecule has 20 heavy (non-hydrogen) atoms. The Balaban J connectivity index is 2.34. The molecule has 0 aliphatic carbocycles. The van der Waals surface area contributed by atoms with Gasteiger partial charge in [0.2, 0.25) is 0 Å². The number of carboxylic acids is 1. The van der Waals surface area contributed by atoms with Crippen molar-refractivity contribution in [3.63, 3.8) is 0 Å². The number of benzene rings is 2. The van der Waals surface area contributed by atoms with Gasteiger partial charge in [0.25, 0.3) is 0 Å². The van der Waals surface area contributed by atoms with E-state index >= 15 is 0 Å². The summed E-state index contributed by atoms with van der Waals surface area (Å²) in [5.41, 5.74) is 0.534. The van der Waals surface area contributed by atoms with E-state index in [1.807, 2.05) is 0 Å². The van der Waals surface area contributed by atoms with Crippen LogP contribution in [0.2, 0.25) is 0 Å². The standard InChI is InChI=1S/C14H10BrF2NO2/c15-9-2-1-3-12(6-9)18-13(14(19)20)8-4-10(16)7-11(17)5-8/h1-7,13,18H,(H,19,20). The van der Waals surface area contributed by atoms with Gasteiger partial charge in [0.15, 0.2) is 6.04 Å². The topological polar surface area (TPSA) is 49.3 Å². The van der Waals surface area contributed by atoms with E-state index in [1.165, 1.54) is 0 Å². The first-order chi connectivity index (χ1) is 9.45. The van der Waals surface area contributed by atoms with Crippen LogP contribution in [0.5, 0.6) is 0 Å². The molecule has 0 heterocycles. The Morgan fingerprint density at radius 3 is 2.35 bits per heavy atom. The molecule has 0 saturated carbocycles. The number of hydrogen-bond donors (Lipinski definition) is 2. The van der Waals surface area contributed by atoms with E-state index in [-0.39, 0.29) is 5.56 Å². The Hall–Kier alpha value is -1.95. The summed E-state index contributed by atoms with van der Waals surface area (Å²) >= 11 is 3.26. The predicted octanol–water partition coefficient (Wildman–Crippen LogP) is 3.97. The van der Waals surface area contributed by atoms with Crippen LogP contribution in [0.25, 0.3) is 0 Å². The first-order valence-corrected chi connectivity index (χ1v) is 6.46. The summed E-state index contributed by atoms with van der Waals surface area (Å²) in [5.74, 6) is -2.86. The average molecular weight is 342 g/mol. The molecule has 0 fully saturated rings. The highest BCUT2D eigenvalue weighted by Gasteiger charge is 2.21. The zero-order valence-electron chi connectivity index (χ0n) is 10.1. The Morgan fingerprint density at radius 1 is 1.15 bits per heavy atom. The van der Waals surface area contributed by atoms with Gasteiger partial charge in [-0.3, -0.25) is 0 Å². The lowest BCUT2D eigenvalue weighted by Gasteiger charge is -2.16. The summed E-state index contributed by atoms with van der Waals surface area (Å²) < 4.78 is 27.1. The highest BCUT2D eigenvalue weighted by atomic mass is 79.9. The zero-order chi connectivity index (χ0) is 14.7. The van der Waals surface area contributed by atoms with Gasteiger partial charge >= 0.3 is 5.97 Å². The van der Waals surface area contributed by atoms with Crippen LogP contribution in [-0.2, 0) is 4.79 Å². The van der Waals surface area contributed by atoms with Crippen LogP contribution in [0.4, 0.5) is 14.5 Å². The zero-order valence-corrected chi connectivity index (χ0v) is 11.7. The van der Waals surface area contributed by atoms with Crippen LogP contribution in [0.1, 0.15) is 11.6 Å². The van der Waals surface area contributed by atoms with Crippen molar-refractivity contribution in [2.45, 2.75) is 6.04 Å². The molecule has 0 saturated heterocycles. The number of rotatable bonds is 4. The van der Waals surface area contributed by atoms with Crippen LogP contribution in [-0.4, -0.2) is 11.1 Å². The highest BCUT2D eigenvalue weighted by molar-refractivity contribution is 9.10. The van der Waals surface area contributed by atoms with Crippen molar-refractivity contribution in [3.8, 4) is 0 Å². The summed E-state index contributed by atoms with van der Waals surface area (Å²) in [4.78, 5) is 11.3. The third-order valence-electron chi connectivity index (χ3n) is 2.60. The van der Waals surface area contributed by atoms with Crippen molar-refractivity contribution in [1.82, 2.24) is 0 Å². The van der Waals surface area contributed by atoms with Gasteiger partial charge < -0.3 is 10.4 Å². The normalized spacial score (nSPS) is 11.9. The number of carboxylic acid groups (broad SMARTS) is 1. The molecule has 2 N–H and O–H groups in total. The van der Waals surface area contributed by atoms with E-state index in [9.17, 15) is 18.7 Å². The van der Waals surface area contributed by atoms with E-state index in [2.05, 4.69) is 21.2 Å². The molecule has 2 aromatic carbocycles. The average Bonchev–Trinajstić information content (AvgIpc) is 2.34. The van der Waals surface area contributed by atoms with Crippen molar-refractivity contribution in [2.75, 3.05) is 5.32 Å². The number of anilines is 1. The fraction of sp³-hybridized carbons (Fsp3) is 0.0714. The third-order valence-corrected chi connectivity index (χ3v) is 3.09. The fourth-order valence-electron chi connectivity index (χ4n) is 1.77. The van der Waals surface area contributed by atoms with Gasteiger partial charge in [-0.05, 0) is 35.9 Å². The highest BCUT2D eigenvalue weighted by Crippen LogP contribution is 2.23. The second kappa shape index (κ2) is 6.00. The first-order valence-electron chi connectivity index (χ1n) is 5.66. The lowest BCUT2D eigenvalue weighted by atomic mass is 10.1. The molecule has 2 rings (SSSR count). The quantitative estimate of drug-likeness (QED) is 0.884. The maximum Gasteiger partial charge on any atom is 0.330 e. The molecule has 0 aliphatic rings. The summed E-state index contributed by atoms with van der Waals surface area (Å²) in [6, 6.07) is 8.28. The Kier molecular flexibility index (Phi) is 4.34. The first kappa shape index (κ1) is 14.5. The fourth-order valence-corrected chi connectivity index (χ4v) is 2.17. The summed E-state index contributed by atoms with van der Waals surface area (Å²) in [6.45, 7) is 0. The Bertz CT molecular complexity index is 629. The Labute approximate surface area is 122 Å². The van der Waals surface area contributed by atoms with Crippen molar-refractivity contribution < 1.29 is 18.7 Å². The summed E-state index contributed by atoms with van der Waals surface area (Å²) in [6.07, 6.45) is 0. The molecule has 0 bridgehead atoms. The van der Waals surface area contributed by atoms with Gasteiger partial charge in [-0.15, -0.1) is 0 Å². The minimum absolute atomic E-state index is 0.00924. The smallest absolute Gasteiger partial charge is 0.330 e. The largest absolute Gasteiger partial charge is 0.479 e. The van der Waals surface area contributed by atoms with Crippen LogP contribution in [0.15, 0.2) is 46.9 Å². The van der Waals surface area contributed by atoms with E-state index in [0.717, 1.165) is 16.6 Å². The molecule has 3 nitrogen and oxygen atoms in total. The van der Waals surface area contributed by atoms with Crippen molar-refractivity contribution >= 4 is 27.6 Å². The molecular formula is C14H10BrF2NO2. The third kappa shape index (κ3) is 3.54. The van der Waals surface area contributed by atoms with Crippen molar-refractivity contribution in [1.29, 1.82) is 0 Å². The number of halogens is 3. The second-order valence-electron chi connectivity index (χ2n) is 4.13. The molecule has 1 unspecified atom stereocenters. The predicted molar refractivity (Wildman–Crippen MR) is 74.5 cm³/mol. The van der Waals surface area contributed by atoms with Crippen LogP contribution in [0, 0.1) is 11.6 Å². The lowest BCUT2D eigenvalue weighted by molar-refractivity contribution is -0.138. The van der Waals surface area contributed by atoms with Crippen molar-refractivity contribution in [2.24, 2.45) is 0 Å². The number of carbonyl (C=O) groups is 1. The van der Waals surface area contributed by atoms with Crippen LogP contribution < -0.4 is 5.32 Å². The minimum Gasteiger partial charge on any atom is -0.479 e. The number of hydrogen-bond acceptors (Lipinski definition) is 2. The molecule has 2 aromatic rings. The van der Waals surface area contributed by atoms with Gasteiger partial charge in [-0.25, -0.2) is 13.6 Å². The SMILES string of the molecule is O=C(O)C(Nc1cccc(Br)c1)c1cc(F)cc(F)c1. The lowest BCUT2D eigenvalue weighted by Crippen LogP contribution is -2.20. The Morgan fingerprint density at radius 2 is 1.80 bits per heavy atom. The molecule has 0 radical (unpaired) electrons. The van der Waals surface area contributed by atoms with Crippen LogP contribution in [0.3, 0.4) is 0 Å². The van der Waals surface area contributed by atoms with Gasteiger partial charge in [-0.2, -0.15) is 0 Å².